The molecule has 20 heavy (non-hydrogen) atoms. The van der Waals surface area contributed by atoms with Gasteiger partial charge in [0, 0.05) is 17.0 Å². The lowest BCUT2D eigenvalue weighted by Gasteiger charge is -2.37. The molecule has 0 saturated heterocycles. The van der Waals surface area contributed by atoms with Gasteiger partial charge < -0.3 is 5.11 Å². The summed E-state index contributed by atoms with van der Waals surface area (Å²) < 4.78 is 1.44. The third-order valence-electron chi connectivity index (χ3n) is 3.92. The molecule has 1 fully saturated rings. The van der Waals surface area contributed by atoms with Crippen LogP contribution in [0.2, 0.25) is 0 Å². The van der Waals surface area contributed by atoms with Crippen molar-refractivity contribution in [1.29, 1.82) is 0 Å². The minimum absolute atomic E-state index is 0.470. The van der Waals surface area contributed by atoms with Crippen molar-refractivity contribution in [2.24, 2.45) is 0 Å². The summed E-state index contributed by atoms with van der Waals surface area (Å²) >= 11 is 0. The quantitative estimate of drug-likeness (QED) is 0.906. The van der Waals surface area contributed by atoms with E-state index in [4.69, 9.17) is 0 Å². The third-order valence-corrected chi connectivity index (χ3v) is 3.92. The molecule has 2 aromatic heterocycles. The summed E-state index contributed by atoms with van der Waals surface area (Å²) in [5.41, 5.74) is 1.46. The fourth-order valence-electron chi connectivity index (χ4n) is 2.59. The molecule has 0 amide bonds. The van der Waals surface area contributed by atoms with E-state index in [1.54, 1.807) is 0 Å². The monoisotopic (exact) mass is 273 g/mol. The number of rotatable bonds is 3. The number of carbonyl (C=O) groups is 1. The highest BCUT2D eigenvalue weighted by molar-refractivity contribution is 5.78. The van der Waals surface area contributed by atoms with Crippen molar-refractivity contribution in [3.63, 3.8) is 0 Å². The molecule has 0 aromatic carbocycles. The fraction of sp³-hybridized carbons (Fsp3) is 0.462. The molecule has 2 aromatic rings. The lowest BCUT2D eigenvalue weighted by atomic mass is 9.76. The average molecular weight is 273 g/mol. The predicted octanol–water partition coefficient (Wildman–Crippen LogP) is 1.32. The van der Waals surface area contributed by atoms with Crippen molar-refractivity contribution < 1.29 is 9.90 Å². The van der Waals surface area contributed by atoms with Gasteiger partial charge in [0.25, 0.3) is 0 Å². The van der Waals surface area contributed by atoms with E-state index in [-0.39, 0.29) is 0 Å². The largest absolute Gasteiger partial charge is 0.479 e. The van der Waals surface area contributed by atoms with Gasteiger partial charge in [-0.25, -0.2) is 9.48 Å². The molecule has 1 N–H and O–H groups in total. The van der Waals surface area contributed by atoms with Crippen LogP contribution in [0.25, 0.3) is 11.4 Å². The Bertz CT molecular complexity index is 675. The third kappa shape index (κ3) is 1.70. The Morgan fingerprint density at radius 2 is 2.10 bits per heavy atom. The first-order chi connectivity index (χ1) is 9.54. The summed E-state index contributed by atoms with van der Waals surface area (Å²) in [6, 6.07) is 3.75. The van der Waals surface area contributed by atoms with Gasteiger partial charge >= 0.3 is 5.97 Å². The molecule has 0 aliphatic heterocycles. The molecule has 2 heterocycles. The Hall–Kier alpha value is -2.31. The lowest BCUT2D eigenvalue weighted by Crippen LogP contribution is -2.48. The summed E-state index contributed by atoms with van der Waals surface area (Å²) in [7, 11) is 0. The number of tetrazole rings is 1. The van der Waals surface area contributed by atoms with E-state index in [9.17, 15) is 9.90 Å². The molecule has 7 nitrogen and oxygen atoms in total. The average Bonchev–Trinajstić information content (AvgIpc) is 2.76. The fourth-order valence-corrected chi connectivity index (χ4v) is 2.59. The second kappa shape index (κ2) is 4.36. The van der Waals surface area contributed by atoms with Crippen LogP contribution in [0.4, 0.5) is 0 Å². The van der Waals surface area contributed by atoms with Crippen molar-refractivity contribution in [2.45, 2.75) is 38.6 Å². The Morgan fingerprint density at radius 3 is 2.65 bits per heavy atom. The van der Waals surface area contributed by atoms with Gasteiger partial charge in [0.1, 0.15) is 0 Å². The second-order valence-corrected chi connectivity index (χ2v) is 5.19. The summed E-state index contributed by atoms with van der Waals surface area (Å²) in [5.74, 6) is -0.410. The number of aromatic nitrogens is 5. The minimum Gasteiger partial charge on any atom is -0.479 e. The molecular weight excluding hydrogens is 258 g/mol. The molecule has 0 spiro atoms. The first-order valence-corrected chi connectivity index (χ1v) is 6.51. The number of hydrogen-bond acceptors (Lipinski definition) is 5. The number of nitrogens with zero attached hydrogens (tertiary/aromatic N) is 5. The standard InChI is InChI=1S/C13H15N5O2/c1-8-4-5-10(9(2)14-8)11-15-16-17-18(11)13(12(19)20)6-3-7-13/h4-5H,3,6-7H2,1-2H3,(H,19,20). The van der Waals surface area contributed by atoms with Gasteiger partial charge in [-0.15, -0.1) is 5.10 Å². The Morgan fingerprint density at radius 1 is 1.35 bits per heavy atom. The molecule has 0 bridgehead atoms. The summed E-state index contributed by atoms with van der Waals surface area (Å²) in [4.78, 5) is 16.0. The highest BCUT2D eigenvalue weighted by Gasteiger charge is 2.49. The maximum absolute atomic E-state index is 11.6. The van der Waals surface area contributed by atoms with Crippen LogP contribution in [-0.2, 0) is 10.3 Å². The van der Waals surface area contributed by atoms with Gasteiger partial charge in [-0.05, 0) is 55.7 Å². The molecule has 1 aliphatic rings. The van der Waals surface area contributed by atoms with Gasteiger partial charge in [-0.3, -0.25) is 4.98 Å². The van der Waals surface area contributed by atoms with Crippen molar-refractivity contribution >= 4 is 5.97 Å². The summed E-state index contributed by atoms with van der Waals surface area (Å²) in [5, 5.41) is 21.1. The number of aryl methyl sites for hydroxylation is 2. The highest BCUT2D eigenvalue weighted by Crippen LogP contribution is 2.41. The number of aliphatic carboxylic acids is 1. The lowest BCUT2D eigenvalue weighted by molar-refractivity contribution is -0.153. The van der Waals surface area contributed by atoms with Crippen molar-refractivity contribution in [2.75, 3.05) is 0 Å². The summed E-state index contributed by atoms with van der Waals surface area (Å²) in [6.07, 6.45) is 1.98. The van der Waals surface area contributed by atoms with Crippen LogP contribution in [-0.4, -0.2) is 36.3 Å². The maximum atomic E-state index is 11.6. The Kier molecular flexibility index (Phi) is 2.77. The molecule has 0 unspecified atom stereocenters. The van der Waals surface area contributed by atoms with E-state index in [1.807, 2.05) is 26.0 Å². The first-order valence-electron chi connectivity index (χ1n) is 6.51. The van der Waals surface area contributed by atoms with Gasteiger partial charge in [-0.2, -0.15) is 0 Å². The van der Waals surface area contributed by atoms with Crippen LogP contribution >= 0.6 is 0 Å². The minimum atomic E-state index is -1.00. The number of carboxylic acids is 1. The van der Waals surface area contributed by atoms with Crippen LogP contribution in [0.1, 0.15) is 30.7 Å². The highest BCUT2D eigenvalue weighted by atomic mass is 16.4. The predicted molar refractivity (Wildman–Crippen MR) is 70.0 cm³/mol. The molecule has 1 aliphatic carbocycles. The van der Waals surface area contributed by atoms with Crippen LogP contribution < -0.4 is 0 Å². The van der Waals surface area contributed by atoms with Crippen LogP contribution in [0.5, 0.6) is 0 Å². The number of carboxylic acid groups (broad SMARTS) is 1. The molecule has 0 radical (unpaired) electrons. The molecule has 7 heteroatoms. The zero-order valence-corrected chi connectivity index (χ0v) is 11.4. The molecule has 1 saturated carbocycles. The van der Waals surface area contributed by atoms with E-state index < -0.39 is 11.5 Å². The van der Waals surface area contributed by atoms with Crippen LogP contribution in [0.15, 0.2) is 12.1 Å². The van der Waals surface area contributed by atoms with E-state index in [0.717, 1.165) is 23.4 Å². The van der Waals surface area contributed by atoms with Crippen molar-refractivity contribution in [3.8, 4) is 11.4 Å². The molecule has 0 atom stereocenters. The zero-order chi connectivity index (χ0) is 14.3. The van der Waals surface area contributed by atoms with E-state index in [0.29, 0.717) is 18.7 Å². The Balaban J connectivity index is 2.13. The van der Waals surface area contributed by atoms with Gasteiger partial charge in [-0.1, -0.05) is 0 Å². The van der Waals surface area contributed by atoms with E-state index >= 15 is 0 Å². The number of pyridine rings is 1. The topological polar surface area (TPSA) is 93.8 Å². The molecular formula is C13H15N5O2. The summed E-state index contributed by atoms with van der Waals surface area (Å²) in [6.45, 7) is 3.78. The van der Waals surface area contributed by atoms with E-state index in [1.165, 1.54) is 4.68 Å². The number of hydrogen-bond donors (Lipinski definition) is 1. The van der Waals surface area contributed by atoms with Gasteiger partial charge in [0.05, 0.1) is 0 Å². The van der Waals surface area contributed by atoms with Crippen molar-refractivity contribution in [1.82, 2.24) is 25.2 Å². The Labute approximate surface area is 115 Å². The van der Waals surface area contributed by atoms with Crippen LogP contribution in [0, 0.1) is 13.8 Å². The van der Waals surface area contributed by atoms with Gasteiger partial charge in [0.15, 0.2) is 11.4 Å². The molecule has 3 rings (SSSR count). The van der Waals surface area contributed by atoms with Crippen LogP contribution in [0.3, 0.4) is 0 Å². The van der Waals surface area contributed by atoms with Gasteiger partial charge in [0.2, 0.25) is 0 Å². The maximum Gasteiger partial charge on any atom is 0.331 e. The zero-order valence-electron chi connectivity index (χ0n) is 11.4. The molecule has 104 valence electrons. The SMILES string of the molecule is Cc1ccc(-c2nnnn2C2(C(=O)O)CCC2)c(C)n1. The second-order valence-electron chi connectivity index (χ2n) is 5.19. The smallest absolute Gasteiger partial charge is 0.331 e. The first kappa shape index (κ1) is 12.7. The van der Waals surface area contributed by atoms with E-state index in [2.05, 4.69) is 20.5 Å². The van der Waals surface area contributed by atoms with Crippen molar-refractivity contribution in [3.05, 3.63) is 23.5 Å². The normalized spacial score (nSPS) is 16.7.